The lowest BCUT2D eigenvalue weighted by Crippen LogP contribution is -2.31. The maximum atomic E-state index is 6.39. The quantitative estimate of drug-likeness (QED) is 0.198. The van der Waals surface area contributed by atoms with Crippen LogP contribution in [0.1, 0.15) is 35.5 Å². The van der Waals surface area contributed by atoms with Crippen molar-refractivity contribution in [1.29, 1.82) is 0 Å². The molecule has 0 unspecified atom stereocenters. The van der Waals surface area contributed by atoms with Crippen LogP contribution in [0.2, 0.25) is 0 Å². The number of rotatable bonds is 9. The third-order valence-corrected chi connectivity index (χ3v) is 7.29. The molecular formula is C28H28N4OS2. The first-order chi connectivity index (χ1) is 17.2. The van der Waals surface area contributed by atoms with Gasteiger partial charge in [0.05, 0.1) is 11.7 Å². The Hall–Kier alpha value is -3.29. The highest BCUT2D eigenvalue weighted by atomic mass is 32.2. The van der Waals surface area contributed by atoms with Gasteiger partial charge in [-0.2, -0.15) is 0 Å². The second-order valence-corrected chi connectivity index (χ2v) is 10.0. The molecule has 0 amide bonds. The van der Waals surface area contributed by atoms with E-state index in [0.717, 1.165) is 51.8 Å². The Morgan fingerprint density at radius 3 is 2.57 bits per heavy atom. The number of hydrogen-bond acceptors (Lipinski definition) is 5. The summed E-state index contributed by atoms with van der Waals surface area (Å²) < 4.78 is 6.39. The molecule has 1 saturated heterocycles. The number of para-hydroxylation sites is 1. The number of aromatic nitrogens is 1. The van der Waals surface area contributed by atoms with Crippen LogP contribution in [0, 0.1) is 6.92 Å². The Bertz CT molecular complexity index is 1240. The number of furan rings is 1. The zero-order valence-corrected chi connectivity index (χ0v) is 21.2. The number of nitrogens with one attached hydrogen (secondary N) is 2. The number of aryl methyl sites for hydroxylation is 1. The van der Waals surface area contributed by atoms with Crippen LogP contribution in [0.3, 0.4) is 0 Å². The summed E-state index contributed by atoms with van der Waals surface area (Å²) in [6.45, 7) is 3.76. The van der Waals surface area contributed by atoms with Crippen LogP contribution in [0.15, 0.2) is 106 Å². The van der Waals surface area contributed by atoms with Gasteiger partial charge in [0.1, 0.15) is 11.8 Å². The molecule has 1 aliphatic rings. The lowest BCUT2D eigenvalue weighted by molar-refractivity contribution is 0.259. The van der Waals surface area contributed by atoms with E-state index in [-0.39, 0.29) is 12.1 Å². The summed E-state index contributed by atoms with van der Waals surface area (Å²) in [4.78, 5) is 8.01. The SMILES string of the molecule is Cc1ccc(Sc2ccc([C@H]3[C@H](c4ccccn4)NC(=S)N3CCCNc3ccccc3)o2)cc1. The maximum Gasteiger partial charge on any atom is 0.170 e. The predicted octanol–water partition coefficient (Wildman–Crippen LogP) is 6.61. The molecule has 0 bridgehead atoms. The van der Waals surface area contributed by atoms with E-state index in [1.54, 1.807) is 11.8 Å². The van der Waals surface area contributed by atoms with Gasteiger partial charge in [-0.15, -0.1) is 0 Å². The van der Waals surface area contributed by atoms with E-state index >= 15 is 0 Å². The molecule has 4 aromatic rings. The first kappa shape index (κ1) is 23.5. The van der Waals surface area contributed by atoms with E-state index in [4.69, 9.17) is 16.6 Å². The molecule has 5 nitrogen and oxygen atoms in total. The second-order valence-electron chi connectivity index (χ2n) is 8.54. The fraction of sp³-hybridized carbons (Fsp3) is 0.214. The van der Waals surface area contributed by atoms with Gasteiger partial charge in [0.25, 0.3) is 0 Å². The Morgan fingerprint density at radius 1 is 1.00 bits per heavy atom. The summed E-state index contributed by atoms with van der Waals surface area (Å²) in [6.07, 6.45) is 2.76. The summed E-state index contributed by atoms with van der Waals surface area (Å²) in [5.41, 5.74) is 3.32. The molecule has 7 heteroatoms. The number of anilines is 1. The average molecular weight is 501 g/mol. The molecule has 0 aliphatic carbocycles. The maximum absolute atomic E-state index is 6.39. The highest BCUT2D eigenvalue weighted by Crippen LogP contribution is 2.41. The van der Waals surface area contributed by atoms with E-state index in [2.05, 4.69) is 69.9 Å². The fourth-order valence-corrected chi connectivity index (χ4v) is 5.37. The number of hydrogen-bond donors (Lipinski definition) is 2. The van der Waals surface area contributed by atoms with Crippen LogP contribution >= 0.6 is 24.0 Å². The smallest absolute Gasteiger partial charge is 0.170 e. The van der Waals surface area contributed by atoms with Gasteiger partial charge in [-0.25, -0.2) is 0 Å². The molecule has 3 heterocycles. The summed E-state index contributed by atoms with van der Waals surface area (Å²) >= 11 is 7.41. The summed E-state index contributed by atoms with van der Waals surface area (Å²) in [7, 11) is 0. The van der Waals surface area contributed by atoms with Crippen molar-refractivity contribution in [2.75, 3.05) is 18.4 Å². The van der Waals surface area contributed by atoms with Gasteiger partial charge in [-0.05, 0) is 74.1 Å². The van der Waals surface area contributed by atoms with Crippen molar-refractivity contribution in [3.05, 3.63) is 108 Å². The number of pyridine rings is 1. The molecule has 0 spiro atoms. The van der Waals surface area contributed by atoms with Crippen molar-refractivity contribution in [3.8, 4) is 0 Å². The molecule has 178 valence electrons. The van der Waals surface area contributed by atoms with Gasteiger partial charge in [-0.1, -0.05) is 53.7 Å². The van der Waals surface area contributed by atoms with E-state index in [9.17, 15) is 0 Å². The summed E-state index contributed by atoms with van der Waals surface area (Å²) in [6, 6.07) is 28.7. The third kappa shape index (κ3) is 5.69. The fourth-order valence-electron chi connectivity index (χ4n) is 4.26. The second kappa shape index (κ2) is 11.0. The van der Waals surface area contributed by atoms with Gasteiger partial charge >= 0.3 is 0 Å². The van der Waals surface area contributed by atoms with E-state index in [1.165, 1.54) is 5.56 Å². The van der Waals surface area contributed by atoms with Crippen molar-refractivity contribution in [1.82, 2.24) is 15.2 Å². The molecule has 35 heavy (non-hydrogen) atoms. The van der Waals surface area contributed by atoms with Gasteiger partial charge in [0.2, 0.25) is 0 Å². The monoisotopic (exact) mass is 500 g/mol. The van der Waals surface area contributed by atoms with Gasteiger partial charge in [0.15, 0.2) is 10.2 Å². The molecule has 2 aromatic carbocycles. The largest absolute Gasteiger partial charge is 0.452 e. The number of benzene rings is 2. The Labute approximate surface area is 216 Å². The average Bonchev–Trinajstić information content (AvgIpc) is 3.48. The minimum Gasteiger partial charge on any atom is -0.452 e. The van der Waals surface area contributed by atoms with Crippen molar-refractivity contribution in [2.24, 2.45) is 0 Å². The topological polar surface area (TPSA) is 53.3 Å². The molecule has 5 rings (SSSR count). The van der Waals surface area contributed by atoms with Gasteiger partial charge < -0.3 is 20.0 Å². The normalized spacial score (nSPS) is 17.4. The van der Waals surface area contributed by atoms with Crippen LogP contribution in [0.5, 0.6) is 0 Å². The van der Waals surface area contributed by atoms with E-state index in [1.807, 2.05) is 48.7 Å². The molecule has 2 aromatic heterocycles. The number of nitrogens with zero attached hydrogens (tertiary/aromatic N) is 2. The molecular weight excluding hydrogens is 472 g/mol. The van der Waals surface area contributed by atoms with Crippen LogP contribution < -0.4 is 10.6 Å². The number of thiocarbonyl (C=S) groups is 1. The zero-order chi connectivity index (χ0) is 24.0. The first-order valence-electron chi connectivity index (χ1n) is 11.8. The van der Waals surface area contributed by atoms with Crippen LogP contribution in [-0.4, -0.2) is 28.1 Å². The van der Waals surface area contributed by atoms with Crippen molar-refractivity contribution >= 4 is 34.8 Å². The molecule has 2 atom stereocenters. The van der Waals surface area contributed by atoms with Crippen molar-refractivity contribution in [2.45, 2.75) is 35.4 Å². The first-order valence-corrected chi connectivity index (χ1v) is 13.0. The molecule has 0 radical (unpaired) electrons. The summed E-state index contributed by atoms with van der Waals surface area (Å²) in [5, 5.41) is 8.59. The molecule has 1 fully saturated rings. The minimum absolute atomic E-state index is 0.0681. The molecule has 0 saturated carbocycles. The Morgan fingerprint density at radius 2 is 1.80 bits per heavy atom. The lowest BCUT2D eigenvalue weighted by atomic mass is 10.0. The third-order valence-electron chi connectivity index (χ3n) is 6.01. The lowest BCUT2D eigenvalue weighted by Gasteiger charge is -2.26. The van der Waals surface area contributed by atoms with Gasteiger partial charge in [0, 0.05) is 29.9 Å². The van der Waals surface area contributed by atoms with E-state index < -0.39 is 0 Å². The zero-order valence-electron chi connectivity index (χ0n) is 19.6. The van der Waals surface area contributed by atoms with Crippen LogP contribution in [0.25, 0.3) is 0 Å². The Balaban J connectivity index is 1.33. The van der Waals surface area contributed by atoms with E-state index in [0.29, 0.717) is 0 Å². The predicted molar refractivity (Wildman–Crippen MR) is 146 cm³/mol. The molecule has 2 N–H and O–H groups in total. The van der Waals surface area contributed by atoms with Crippen molar-refractivity contribution < 1.29 is 4.42 Å². The molecule has 1 aliphatic heterocycles. The minimum atomic E-state index is -0.0749. The van der Waals surface area contributed by atoms with Crippen LogP contribution in [-0.2, 0) is 0 Å². The van der Waals surface area contributed by atoms with Crippen LogP contribution in [0.4, 0.5) is 5.69 Å². The standard InChI is InChI=1S/C28H28N4OS2/c1-20-11-13-22(14-12-20)35-25-16-15-24(33-25)27-26(23-10-5-6-17-30-23)31-28(34)32(27)19-7-18-29-21-8-3-2-4-9-21/h2-6,8-17,26-27,29H,7,18-19H2,1H3,(H,31,34)/t26-,27-/m0/s1. The van der Waals surface area contributed by atoms with Gasteiger partial charge in [-0.3, -0.25) is 4.98 Å². The highest BCUT2D eigenvalue weighted by molar-refractivity contribution is 7.99. The Kier molecular flexibility index (Phi) is 7.35. The summed E-state index contributed by atoms with van der Waals surface area (Å²) in [5.74, 6) is 0.888. The highest BCUT2D eigenvalue weighted by Gasteiger charge is 2.41. The van der Waals surface area contributed by atoms with Crippen molar-refractivity contribution in [3.63, 3.8) is 0 Å².